The summed E-state index contributed by atoms with van der Waals surface area (Å²) in [5.41, 5.74) is 6.83. The van der Waals surface area contributed by atoms with Crippen LogP contribution < -0.4 is 0 Å². The van der Waals surface area contributed by atoms with Crippen LogP contribution in [0.5, 0.6) is 0 Å². The molecule has 0 aromatic heterocycles. The number of rotatable bonds is 24. The van der Waals surface area contributed by atoms with Crippen LogP contribution in [0.2, 0.25) is 11.6 Å². The van der Waals surface area contributed by atoms with Crippen molar-refractivity contribution >= 4 is 9.52 Å². The van der Waals surface area contributed by atoms with E-state index in [0.29, 0.717) is 0 Å². The maximum atomic E-state index is 2.47. The van der Waals surface area contributed by atoms with Crippen molar-refractivity contribution in [3.05, 3.63) is 59.7 Å². The van der Waals surface area contributed by atoms with Gasteiger partial charge in [-0.05, 0) is 103 Å². The average molecular weight is 683 g/mol. The number of aryl methyl sites for hydroxylation is 2. The molecule has 2 saturated carbocycles. The fourth-order valence-corrected chi connectivity index (χ4v) is 11.1. The van der Waals surface area contributed by atoms with Crippen LogP contribution in [-0.4, -0.2) is 9.52 Å². The molecular formula is C48H78Si. The molecule has 2 aliphatic carbocycles. The first-order chi connectivity index (χ1) is 24.1. The summed E-state index contributed by atoms with van der Waals surface area (Å²) in [4.78, 5) is 0. The van der Waals surface area contributed by atoms with Gasteiger partial charge in [-0.25, -0.2) is 0 Å². The van der Waals surface area contributed by atoms with E-state index < -0.39 is 0 Å². The van der Waals surface area contributed by atoms with Gasteiger partial charge in [0.2, 0.25) is 0 Å². The van der Waals surface area contributed by atoms with Gasteiger partial charge >= 0.3 is 0 Å². The maximum absolute atomic E-state index is 2.47. The molecule has 0 amide bonds. The lowest BCUT2D eigenvalue weighted by molar-refractivity contribution is 0.140. The van der Waals surface area contributed by atoms with Gasteiger partial charge in [-0.3, -0.25) is 0 Å². The molecule has 0 aliphatic heterocycles. The lowest BCUT2D eigenvalue weighted by Crippen LogP contribution is -2.26. The first-order valence-corrected chi connectivity index (χ1v) is 23.2. The minimum atomic E-state index is 0.890. The van der Waals surface area contributed by atoms with E-state index in [1.165, 1.54) is 158 Å². The van der Waals surface area contributed by atoms with Crippen LogP contribution in [0.15, 0.2) is 48.5 Å². The van der Waals surface area contributed by atoms with Gasteiger partial charge in [0.25, 0.3) is 0 Å². The second-order valence-electron chi connectivity index (χ2n) is 17.1. The third-order valence-electron chi connectivity index (χ3n) is 13.0. The third kappa shape index (κ3) is 15.4. The molecule has 0 spiro atoms. The van der Waals surface area contributed by atoms with E-state index >= 15 is 0 Å². The van der Waals surface area contributed by atoms with Crippen LogP contribution in [-0.2, 0) is 12.8 Å². The van der Waals surface area contributed by atoms with Crippen molar-refractivity contribution in [2.75, 3.05) is 0 Å². The molecule has 0 N–H and O–H groups in total. The van der Waals surface area contributed by atoms with Crippen LogP contribution in [0.4, 0.5) is 0 Å². The van der Waals surface area contributed by atoms with Crippen molar-refractivity contribution < 1.29 is 0 Å². The molecule has 2 atom stereocenters. The van der Waals surface area contributed by atoms with E-state index in [1.807, 2.05) is 0 Å². The lowest BCUT2D eigenvalue weighted by atomic mass is 9.68. The fraction of sp³-hybridized carbons (Fsp3) is 0.750. The normalized spacial score (nSPS) is 22.6. The van der Waals surface area contributed by atoms with E-state index in [4.69, 9.17) is 0 Å². The van der Waals surface area contributed by atoms with Gasteiger partial charge in [-0.2, -0.15) is 0 Å². The van der Waals surface area contributed by atoms with Gasteiger partial charge in [-0.1, -0.05) is 197 Å². The predicted octanol–water partition coefficient (Wildman–Crippen LogP) is 15.5. The van der Waals surface area contributed by atoms with E-state index in [2.05, 4.69) is 76.2 Å². The topological polar surface area (TPSA) is 0 Å². The molecule has 2 aromatic rings. The molecule has 274 valence electrons. The molecule has 2 aliphatic rings. The third-order valence-corrected chi connectivity index (χ3v) is 14.6. The molecule has 49 heavy (non-hydrogen) atoms. The van der Waals surface area contributed by atoms with Gasteiger partial charge in [0, 0.05) is 9.52 Å². The molecule has 1 heteroatoms. The van der Waals surface area contributed by atoms with E-state index in [9.17, 15) is 0 Å². The first-order valence-electron chi connectivity index (χ1n) is 22.0. The average Bonchev–Trinajstić information content (AvgIpc) is 3.13. The molecule has 2 aromatic carbocycles. The minimum absolute atomic E-state index is 0.890. The van der Waals surface area contributed by atoms with Crippen molar-refractivity contribution in [3.8, 4) is 11.1 Å². The summed E-state index contributed by atoms with van der Waals surface area (Å²) in [7, 11) is 1.15. The van der Waals surface area contributed by atoms with Gasteiger partial charge < -0.3 is 0 Å². The summed E-state index contributed by atoms with van der Waals surface area (Å²) < 4.78 is 0. The molecule has 2 fully saturated rings. The highest BCUT2D eigenvalue weighted by atomic mass is 28.2. The Hall–Kier alpha value is -1.34. The molecule has 0 saturated heterocycles. The Morgan fingerprint density at radius 3 is 1.88 bits per heavy atom. The van der Waals surface area contributed by atoms with E-state index in [1.54, 1.807) is 31.2 Å². The monoisotopic (exact) mass is 683 g/mol. The van der Waals surface area contributed by atoms with Crippen LogP contribution in [0.3, 0.4) is 0 Å². The maximum Gasteiger partial charge on any atom is 0.0410 e. The highest BCUT2D eigenvalue weighted by Crippen LogP contribution is 2.43. The zero-order valence-corrected chi connectivity index (χ0v) is 34.0. The van der Waals surface area contributed by atoms with Gasteiger partial charge in [0.05, 0.1) is 0 Å². The standard InChI is InChI=1S/C48H78Si/c1-5-7-38-49-40(4)19-16-22-46-21-14-15-23-48(46)47-36-30-43(31-37-47)25-24-42-28-34-45(35-29-42)44-32-26-41(27-33-44)20-13-11-9-8-10-12-18-39(3)17-6-2/h14-15,21,23,30-31,36-37,39-42,44-45H,5-13,16-20,22,24-29,32-35,38H2,1-4H3. The van der Waals surface area contributed by atoms with Gasteiger partial charge in [-0.15, -0.1) is 0 Å². The Bertz CT molecular complexity index is 1090. The first kappa shape index (κ1) is 40.4. The fourth-order valence-electron chi connectivity index (χ4n) is 9.63. The smallest absolute Gasteiger partial charge is 0.0410 e. The van der Waals surface area contributed by atoms with E-state index in [-0.39, 0.29) is 0 Å². The van der Waals surface area contributed by atoms with Gasteiger partial charge in [0.1, 0.15) is 0 Å². The SMILES string of the molecule is CCCC[Si]C(C)CCCc1ccccc1-c1ccc(CCC2CCC(C3CCC(CCCCCCCCC(C)CCC)CC3)CC2)cc1. The summed E-state index contributed by atoms with van der Waals surface area (Å²) >= 11 is 0. The number of benzene rings is 2. The highest BCUT2D eigenvalue weighted by molar-refractivity contribution is 6.37. The highest BCUT2D eigenvalue weighted by Gasteiger charge is 2.30. The largest absolute Gasteiger partial charge is 0.0654 e. The Labute approximate surface area is 308 Å². The Kier molecular flexibility index (Phi) is 19.8. The van der Waals surface area contributed by atoms with Crippen LogP contribution in [0.1, 0.15) is 187 Å². The summed E-state index contributed by atoms with van der Waals surface area (Å²) in [5.74, 6) is 5.06. The van der Waals surface area contributed by atoms with Crippen molar-refractivity contribution in [2.24, 2.45) is 29.6 Å². The second kappa shape index (κ2) is 24.0. The Balaban J connectivity index is 1.06. The van der Waals surface area contributed by atoms with Crippen LogP contribution in [0.25, 0.3) is 11.1 Å². The number of hydrogen-bond donors (Lipinski definition) is 0. The van der Waals surface area contributed by atoms with Gasteiger partial charge in [0.15, 0.2) is 0 Å². The molecule has 0 bridgehead atoms. The zero-order valence-electron chi connectivity index (χ0n) is 33.0. The second-order valence-corrected chi connectivity index (χ2v) is 19.0. The number of unbranched alkanes of at least 4 members (excludes halogenated alkanes) is 6. The lowest BCUT2D eigenvalue weighted by Gasteiger charge is -2.38. The van der Waals surface area contributed by atoms with Crippen molar-refractivity contribution in [1.82, 2.24) is 0 Å². The molecule has 4 rings (SSSR count). The van der Waals surface area contributed by atoms with Crippen LogP contribution in [0, 0.1) is 29.6 Å². The summed E-state index contributed by atoms with van der Waals surface area (Å²) in [6.45, 7) is 9.56. The minimum Gasteiger partial charge on any atom is -0.0654 e. The Morgan fingerprint density at radius 1 is 0.571 bits per heavy atom. The quantitative estimate of drug-likeness (QED) is 0.0763. The summed E-state index contributed by atoms with van der Waals surface area (Å²) in [6.07, 6.45) is 36.2. The summed E-state index contributed by atoms with van der Waals surface area (Å²) in [6, 6.07) is 20.3. The van der Waals surface area contributed by atoms with Crippen molar-refractivity contribution in [3.63, 3.8) is 0 Å². The van der Waals surface area contributed by atoms with Crippen LogP contribution >= 0.6 is 0 Å². The Morgan fingerprint density at radius 2 is 1.20 bits per heavy atom. The molecule has 0 heterocycles. The molecular weight excluding hydrogens is 605 g/mol. The molecule has 2 radical (unpaired) electrons. The molecule has 0 nitrogen and oxygen atoms in total. The molecule has 2 unspecified atom stereocenters. The van der Waals surface area contributed by atoms with Crippen molar-refractivity contribution in [2.45, 2.75) is 200 Å². The predicted molar refractivity (Wildman–Crippen MR) is 220 cm³/mol. The van der Waals surface area contributed by atoms with Crippen molar-refractivity contribution in [1.29, 1.82) is 0 Å². The summed E-state index contributed by atoms with van der Waals surface area (Å²) in [5, 5.41) is 0. The number of hydrogen-bond acceptors (Lipinski definition) is 0. The van der Waals surface area contributed by atoms with E-state index in [0.717, 1.165) is 44.7 Å². The zero-order chi connectivity index (χ0) is 34.5.